The molecule has 0 radical (unpaired) electrons. The Labute approximate surface area is 164 Å². The summed E-state index contributed by atoms with van der Waals surface area (Å²) in [7, 11) is 0. The summed E-state index contributed by atoms with van der Waals surface area (Å²) in [6, 6.07) is 0. The highest BCUT2D eigenvalue weighted by Gasteiger charge is 2.62. The first-order chi connectivity index (χ1) is 12.8. The van der Waals surface area contributed by atoms with Crippen LogP contribution in [0.5, 0.6) is 0 Å². The van der Waals surface area contributed by atoms with Gasteiger partial charge >= 0.3 is 5.97 Å². The first-order valence-corrected chi connectivity index (χ1v) is 11.5. The van der Waals surface area contributed by atoms with E-state index in [0.717, 1.165) is 11.8 Å². The number of hydrogen-bond acceptors (Lipinski definition) is 2. The molecule has 4 aliphatic carbocycles. The summed E-state index contributed by atoms with van der Waals surface area (Å²) in [5, 5.41) is 9.08. The van der Waals surface area contributed by atoms with Crippen LogP contribution in [0.2, 0.25) is 0 Å². The number of fused-ring (bicyclic) bond motifs is 5. The SMILES string of the molecule is C[C@H](CCC(=O)O)[C@H]1CC(=O)[C@H]2[C@@H]3CC[C@@H]4CCCC[C@]4(C)[C@H]3CC[C@]12C. The number of carboxylic acids is 1. The molecule has 0 aliphatic heterocycles. The van der Waals surface area contributed by atoms with E-state index in [1.165, 1.54) is 51.4 Å². The third kappa shape index (κ3) is 2.99. The highest BCUT2D eigenvalue weighted by molar-refractivity contribution is 5.85. The lowest BCUT2D eigenvalue weighted by Crippen LogP contribution is -2.54. The second kappa shape index (κ2) is 6.88. The van der Waals surface area contributed by atoms with Gasteiger partial charge in [-0.15, -0.1) is 0 Å². The normalized spacial score (nSPS) is 47.7. The van der Waals surface area contributed by atoms with Gasteiger partial charge in [0.1, 0.15) is 5.78 Å². The molecule has 0 saturated heterocycles. The predicted octanol–water partition coefficient (Wildman–Crippen LogP) is 5.72. The molecule has 4 rings (SSSR count). The molecule has 0 aromatic heterocycles. The molecule has 0 aromatic rings. The van der Waals surface area contributed by atoms with Crippen LogP contribution in [0.1, 0.15) is 91.4 Å². The van der Waals surface area contributed by atoms with Crippen LogP contribution < -0.4 is 0 Å². The second-order valence-electron chi connectivity index (χ2n) is 11.0. The van der Waals surface area contributed by atoms with E-state index in [1.807, 2.05) is 0 Å². The Balaban J connectivity index is 1.57. The Bertz CT molecular complexity index is 613. The Morgan fingerprint density at radius 3 is 2.63 bits per heavy atom. The zero-order chi connectivity index (χ0) is 19.4. The number of carbonyl (C=O) groups is 2. The zero-order valence-corrected chi connectivity index (χ0v) is 17.5. The second-order valence-corrected chi connectivity index (χ2v) is 11.0. The fraction of sp³-hybridized carbons (Fsp3) is 0.917. The number of carboxylic acid groups (broad SMARTS) is 1. The van der Waals surface area contributed by atoms with Gasteiger partial charge in [0.2, 0.25) is 0 Å². The molecule has 0 unspecified atom stereocenters. The van der Waals surface area contributed by atoms with Crippen molar-refractivity contribution in [2.24, 2.45) is 46.3 Å². The van der Waals surface area contributed by atoms with Crippen molar-refractivity contribution in [1.29, 1.82) is 0 Å². The number of aliphatic carboxylic acids is 1. The summed E-state index contributed by atoms with van der Waals surface area (Å²) in [4.78, 5) is 24.3. The molecule has 152 valence electrons. The fourth-order valence-corrected chi connectivity index (χ4v) is 8.53. The number of hydrogen-bond donors (Lipinski definition) is 1. The van der Waals surface area contributed by atoms with Gasteiger partial charge < -0.3 is 5.11 Å². The molecule has 4 fully saturated rings. The van der Waals surface area contributed by atoms with Crippen LogP contribution in [0.15, 0.2) is 0 Å². The molecule has 4 saturated carbocycles. The summed E-state index contributed by atoms with van der Waals surface area (Å²) in [5.41, 5.74) is 0.573. The van der Waals surface area contributed by atoms with Crippen molar-refractivity contribution in [2.75, 3.05) is 0 Å². The summed E-state index contributed by atoms with van der Waals surface area (Å²) >= 11 is 0. The number of Topliss-reactive ketones (excluding diaryl/α,β-unsaturated/α-hetero) is 1. The molecule has 27 heavy (non-hydrogen) atoms. The van der Waals surface area contributed by atoms with Crippen molar-refractivity contribution in [3.05, 3.63) is 0 Å². The van der Waals surface area contributed by atoms with E-state index in [1.54, 1.807) is 0 Å². The van der Waals surface area contributed by atoms with Gasteiger partial charge in [-0.05, 0) is 85.4 Å². The zero-order valence-electron chi connectivity index (χ0n) is 17.5. The summed E-state index contributed by atoms with van der Waals surface area (Å²) in [6.07, 6.45) is 12.3. The first kappa shape index (κ1) is 19.5. The van der Waals surface area contributed by atoms with Crippen molar-refractivity contribution in [2.45, 2.75) is 91.4 Å². The molecule has 3 heteroatoms. The number of rotatable bonds is 4. The first-order valence-electron chi connectivity index (χ1n) is 11.5. The lowest BCUT2D eigenvalue weighted by atomic mass is 9.44. The van der Waals surface area contributed by atoms with E-state index in [2.05, 4.69) is 20.8 Å². The average molecular weight is 375 g/mol. The van der Waals surface area contributed by atoms with Crippen LogP contribution in [-0.2, 0) is 9.59 Å². The standard InChI is InChI=1S/C24H38O3/c1-15(7-10-21(26)27)19-14-20(25)22-17-9-8-16-6-4-5-12-23(16,2)18(17)11-13-24(19,22)3/h15-19,22H,4-14H2,1-3H3,(H,26,27)/t15-,16+,17-,18+,19-,22-,23+,24-/m1/s1. The van der Waals surface area contributed by atoms with Gasteiger partial charge in [0, 0.05) is 18.8 Å². The summed E-state index contributed by atoms with van der Waals surface area (Å²) < 4.78 is 0. The Morgan fingerprint density at radius 1 is 1.11 bits per heavy atom. The van der Waals surface area contributed by atoms with E-state index >= 15 is 0 Å². The van der Waals surface area contributed by atoms with Crippen LogP contribution >= 0.6 is 0 Å². The maximum absolute atomic E-state index is 13.3. The minimum atomic E-state index is -0.708. The molecule has 4 aliphatic rings. The van der Waals surface area contributed by atoms with E-state index in [-0.39, 0.29) is 17.8 Å². The third-order valence-corrected chi connectivity index (χ3v) is 9.91. The Hall–Kier alpha value is -0.860. The largest absolute Gasteiger partial charge is 0.481 e. The molecule has 1 N–H and O–H groups in total. The van der Waals surface area contributed by atoms with Crippen molar-refractivity contribution in [3.63, 3.8) is 0 Å². The van der Waals surface area contributed by atoms with Crippen LogP contribution in [0.4, 0.5) is 0 Å². The maximum atomic E-state index is 13.3. The minimum Gasteiger partial charge on any atom is -0.481 e. The fourth-order valence-electron chi connectivity index (χ4n) is 8.53. The van der Waals surface area contributed by atoms with Gasteiger partial charge in [-0.2, -0.15) is 0 Å². The van der Waals surface area contributed by atoms with Gasteiger partial charge in [-0.25, -0.2) is 0 Å². The molecule has 3 nitrogen and oxygen atoms in total. The number of carbonyl (C=O) groups excluding carboxylic acids is 1. The molecule has 0 spiro atoms. The van der Waals surface area contributed by atoms with E-state index in [0.29, 0.717) is 41.8 Å². The summed E-state index contributed by atoms with van der Waals surface area (Å²) in [5.74, 6) is 2.98. The number of ketones is 1. The van der Waals surface area contributed by atoms with E-state index in [4.69, 9.17) is 5.11 Å². The van der Waals surface area contributed by atoms with Crippen molar-refractivity contribution in [1.82, 2.24) is 0 Å². The molecule has 0 amide bonds. The lowest BCUT2D eigenvalue weighted by molar-refractivity contribution is -0.142. The Morgan fingerprint density at radius 2 is 1.89 bits per heavy atom. The molecule has 8 atom stereocenters. The summed E-state index contributed by atoms with van der Waals surface area (Å²) in [6.45, 7) is 7.14. The smallest absolute Gasteiger partial charge is 0.303 e. The van der Waals surface area contributed by atoms with Crippen LogP contribution in [0.25, 0.3) is 0 Å². The Kier molecular flexibility index (Phi) is 4.96. The minimum absolute atomic E-state index is 0.105. The lowest BCUT2D eigenvalue weighted by Gasteiger charge is -2.60. The molecular formula is C24H38O3. The van der Waals surface area contributed by atoms with Crippen LogP contribution in [0.3, 0.4) is 0 Å². The van der Waals surface area contributed by atoms with Crippen LogP contribution in [-0.4, -0.2) is 16.9 Å². The van der Waals surface area contributed by atoms with Gasteiger partial charge in [-0.1, -0.05) is 33.6 Å². The van der Waals surface area contributed by atoms with Gasteiger partial charge in [0.15, 0.2) is 0 Å². The van der Waals surface area contributed by atoms with Crippen molar-refractivity contribution >= 4 is 11.8 Å². The third-order valence-electron chi connectivity index (χ3n) is 9.91. The molecule has 0 heterocycles. The van der Waals surface area contributed by atoms with E-state index in [9.17, 15) is 9.59 Å². The van der Waals surface area contributed by atoms with E-state index < -0.39 is 5.97 Å². The molecular weight excluding hydrogens is 336 g/mol. The van der Waals surface area contributed by atoms with Gasteiger partial charge in [-0.3, -0.25) is 9.59 Å². The molecule has 0 bridgehead atoms. The highest BCUT2D eigenvalue weighted by Crippen LogP contribution is 2.67. The van der Waals surface area contributed by atoms with Gasteiger partial charge in [0.25, 0.3) is 0 Å². The maximum Gasteiger partial charge on any atom is 0.303 e. The monoisotopic (exact) mass is 374 g/mol. The average Bonchev–Trinajstić information content (AvgIpc) is 2.90. The van der Waals surface area contributed by atoms with Crippen LogP contribution in [0, 0.1) is 46.3 Å². The van der Waals surface area contributed by atoms with Gasteiger partial charge in [0.05, 0.1) is 0 Å². The molecule has 0 aromatic carbocycles. The van der Waals surface area contributed by atoms with Crippen molar-refractivity contribution in [3.8, 4) is 0 Å². The topological polar surface area (TPSA) is 54.4 Å². The predicted molar refractivity (Wildman–Crippen MR) is 106 cm³/mol. The van der Waals surface area contributed by atoms with Crippen molar-refractivity contribution < 1.29 is 14.7 Å². The quantitative estimate of drug-likeness (QED) is 0.685. The highest BCUT2D eigenvalue weighted by atomic mass is 16.4.